The summed E-state index contributed by atoms with van der Waals surface area (Å²) in [5, 5.41) is 2.77. The second kappa shape index (κ2) is 6.26. The van der Waals surface area contributed by atoms with E-state index in [0.29, 0.717) is 17.0 Å². The number of nitrogens with zero attached hydrogens (tertiary/aromatic N) is 1. The molecular weight excluding hydrogens is 370 g/mol. The lowest BCUT2D eigenvalue weighted by molar-refractivity contribution is 0.0874. The monoisotopic (exact) mass is 391 g/mol. The third-order valence-electron chi connectivity index (χ3n) is 5.93. The average Bonchev–Trinajstić information content (AvgIpc) is 2.67. The highest BCUT2D eigenvalue weighted by Crippen LogP contribution is 2.46. The Morgan fingerprint density at radius 1 is 0.840 bits per heavy atom. The molecule has 3 atom stereocenters. The molecule has 126 valence electrons. The molecule has 0 aliphatic carbocycles. The van der Waals surface area contributed by atoms with E-state index in [1.807, 2.05) is 0 Å². The zero-order chi connectivity index (χ0) is 16.8. The normalized spacial score (nSPS) is 26.2. The molecule has 0 aromatic heterocycles. The van der Waals surface area contributed by atoms with E-state index in [2.05, 4.69) is 87.6 Å². The Morgan fingerprint density at radius 3 is 2.52 bits per heavy atom. The van der Waals surface area contributed by atoms with Gasteiger partial charge in [-0.25, -0.2) is 0 Å². The quantitative estimate of drug-likeness (QED) is 0.359. The fraction of sp³-hybridized carbons (Fsp3) is 0.304. The van der Waals surface area contributed by atoms with Gasteiger partial charge in [-0.3, -0.25) is 4.90 Å². The van der Waals surface area contributed by atoms with Gasteiger partial charge >= 0.3 is 0 Å². The molecule has 25 heavy (non-hydrogen) atoms. The molecule has 2 heteroatoms. The van der Waals surface area contributed by atoms with Gasteiger partial charge in [-0.05, 0) is 53.1 Å². The first-order chi connectivity index (χ1) is 12.3. The number of hydrogen-bond acceptors (Lipinski definition) is 1. The first kappa shape index (κ1) is 15.6. The Hall–Kier alpha value is -1.64. The van der Waals surface area contributed by atoms with Crippen LogP contribution < -0.4 is 0 Å². The fourth-order valence-corrected chi connectivity index (χ4v) is 5.74. The number of alkyl halides is 1. The summed E-state index contributed by atoms with van der Waals surface area (Å²) >= 11 is 4.01. The lowest BCUT2D eigenvalue weighted by Gasteiger charge is -2.49. The molecule has 5 rings (SSSR count). The van der Waals surface area contributed by atoms with Crippen molar-refractivity contribution in [2.45, 2.75) is 42.7 Å². The lowest BCUT2D eigenvalue weighted by Crippen LogP contribution is -2.50. The lowest BCUT2D eigenvalue weighted by atomic mass is 9.79. The Morgan fingerprint density at radius 2 is 1.64 bits per heavy atom. The van der Waals surface area contributed by atoms with E-state index >= 15 is 0 Å². The molecule has 3 aromatic rings. The van der Waals surface area contributed by atoms with E-state index in [1.54, 1.807) is 0 Å². The van der Waals surface area contributed by atoms with E-state index in [-0.39, 0.29) is 0 Å². The van der Waals surface area contributed by atoms with E-state index < -0.39 is 0 Å². The second-order valence-corrected chi connectivity index (χ2v) is 8.40. The van der Waals surface area contributed by atoms with Gasteiger partial charge in [-0.2, -0.15) is 0 Å². The summed E-state index contributed by atoms with van der Waals surface area (Å²) in [5.74, 6) is 0. The molecule has 0 radical (unpaired) electrons. The number of fused-ring (bicyclic) bond motifs is 4. The molecule has 0 amide bonds. The summed E-state index contributed by atoms with van der Waals surface area (Å²) in [5.41, 5.74) is 4.47. The summed E-state index contributed by atoms with van der Waals surface area (Å²) in [4.78, 5) is 3.21. The summed E-state index contributed by atoms with van der Waals surface area (Å²) in [6.45, 7) is 0. The maximum atomic E-state index is 4.01. The molecule has 2 aliphatic heterocycles. The molecule has 1 fully saturated rings. The van der Waals surface area contributed by atoms with Gasteiger partial charge in [0, 0.05) is 6.04 Å². The van der Waals surface area contributed by atoms with Crippen LogP contribution in [0.4, 0.5) is 0 Å². The number of benzene rings is 3. The van der Waals surface area contributed by atoms with Gasteiger partial charge in [0.05, 0.1) is 11.0 Å². The number of piperidine rings is 1. The third kappa shape index (κ3) is 2.54. The van der Waals surface area contributed by atoms with Crippen LogP contribution in [0.15, 0.2) is 66.7 Å². The Kier molecular flexibility index (Phi) is 3.91. The van der Waals surface area contributed by atoms with Crippen molar-refractivity contribution in [3.63, 3.8) is 0 Å². The van der Waals surface area contributed by atoms with E-state index in [4.69, 9.17) is 0 Å². The van der Waals surface area contributed by atoms with Crippen molar-refractivity contribution in [1.82, 2.24) is 4.90 Å². The summed E-state index contributed by atoms with van der Waals surface area (Å²) in [7, 11) is 0. The van der Waals surface area contributed by atoms with Gasteiger partial charge in [0.25, 0.3) is 0 Å². The molecule has 0 spiro atoms. The summed E-state index contributed by atoms with van der Waals surface area (Å²) < 4.78 is 0. The highest BCUT2D eigenvalue weighted by atomic mass is 79.9. The van der Waals surface area contributed by atoms with Gasteiger partial charge in [0.2, 0.25) is 0 Å². The molecule has 0 saturated carbocycles. The maximum absolute atomic E-state index is 4.01. The van der Waals surface area contributed by atoms with Crippen molar-refractivity contribution >= 4 is 26.7 Å². The van der Waals surface area contributed by atoms with Crippen molar-refractivity contribution in [3.8, 4) is 0 Å². The van der Waals surface area contributed by atoms with Crippen LogP contribution in [0.5, 0.6) is 0 Å². The van der Waals surface area contributed by atoms with Gasteiger partial charge in [0.1, 0.15) is 0 Å². The first-order valence-corrected chi connectivity index (χ1v) is 10.2. The van der Waals surface area contributed by atoms with Crippen LogP contribution in [0, 0.1) is 0 Å². The Balaban J connectivity index is 1.79. The van der Waals surface area contributed by atoms with Crippen LogP contribution in [0.3, 0.4) is 0 Å². The van der Waals surface area contributed by atoms with Crippen LogP contribution in [0.2, 0.25) is 0 Å². The molecule has 1 unspecified atom stereocenters. The van der Waals surface area contributed by atoms with E-state index in [1.165, 1.54) is 53.1 Å². The fourth-order valence-electron chi connectivity index (χ4n) is 4.85. The van der Waals surface area contributed by atoms with Gasteiger partial charge in [0.15, 0.2) is 0 Å². The topological polar surface area (TPSA) is 3.24 Å². The number of rotatable bonds is 1. The minimum atomic E-state index is 0.339. The zero-order valence-electron chi connectivity index (χ0n) is 14.2. The van der Waals surface area contributed by atoms with Gasteiger partial charge in [-0.15, -0.1) is 0 Å². The smallest absolute Gasteiger partial charge is 0.0666 e. The zero-order valence-corrected chi connectivity index (χ0v) is 15.8. The van der Waals surface area contributed by atoms with Gasteiger partial charge in [-0.1, -0.05) is 82.7 Å². The summed E-state index contributed by atoms with van der Waals surface area (Å²) in [6, 6.07) is 25.6. The van der Waals surface area contributed by atoms with Crippen molar-refractivity contribution in [2.75, 3.05) is 0 Å². The standard InChI is InChI=1S/C23H22BrN/c24-21-12-6-10-19-15-18-14-13-16-7-4-5-11-20(16)22(18)23(25(19)21)17-8-2-1-3-9-17/h1-5,7-9,11,13-14,19,21,23H,6,10,12,15H2/t19?,21-,23-/m0/s1. The average molecular weight is 392 g/mol. The minimum Gasteiger partial charge on any atom is -0.276 e. The largest absolute Gasteiger partial charge is 0.276 e. The molecule has 3 aromatic carbocycles. The van der Waals surface area contributed by atoms with Crippen molar-refractivity contribution in [3.05, 3.63) is 83.4 Å². The van der Waals surface area contributed by atoms with Crippen LogP contribution in [-0.4, -0.2) is 15.9 Å². The van der Waals surface area contributed by atoms with Gasteiger partial charge < -0.3 is 0 Å². The van der Waals surface area contributed by atoms with E-state index in [9.17, 15) is 0 Å². The van der Waals surface area contributed by atoms with Crippen LogP contribution in [0.25, 0.3) is 10.8 Å². The number of halogens is 1. The van der Waals surface area contributed by atoms with Crippen molar-refractivity contribution < 1.29 is 0 Å². The second-order valence-electron chi connectivity index (χ2n) is 7.34. The molecule has 2 aliphatic rings. The third-order valence-corrected chi connectivity index (χ3v) is 6.86. The first-order valence-electron chi connectivity index (χ1n) is 9.30. The SMILES string of the molecule is Br[C@@H]1CCCC2Cc3ccc4ccccc4c3[C@H](c3ccccc3)N21. The van der Waals surface area contributed by atoms with Crippen LogP contribution in [0.1, 0.15) is 42.0 Å². The van der Waals surface area contributed by atoms with E-state index in [0.717, 1.165) is 0 Å². The van der Waals surface area contributed by atoms with Crippen LogP contribution >= 0.6 is 15.9 Å². The summed E-state index contributed by atoms with van der Waals surface area (Å²) in [6.07, 6.45) is 5.03. The predicted molar refractivity (Wildman–Crippen MR) is 108 cm³/mol. The maximum Gasteiger partial charge on any atom is 0.0666 e. The molecular formula is C23H22BrN. The molecule has 1 nitrogen and oxygen atoms in total. The molecule has 2 heterocycles. The van der Waals surface area contributed by atoms with Crippen molar-refractivity contribution in [1.29, 1.82) is 0 Å². The van der Waals surface area contributed by atoms with Crippen LogP contribution in [-0.2, 0) is 6.42 Å². The molecule has 1 saturated heterocycles. The minimum absolute atomic E-state index is 0.339. The Bertz CT molecular complexity index is 904. The predicted octanol–water partition coefficient (Wildman–Crippen LogP) is 6.06. The Labute approximate surface area is 157 Å². The molecule has 0 bridgehead atoms. The highest BCUT2D eigenvalue weighted by molar-refractivity contribution is 9.09. The number of hydrogen-bond donors (Lipinski definition) is 0. The highest BCUT2D eigenvalue weighted by Gasteiger charge is 2.41. The van der Waals surface area contributed by atoms with Crippen molar-refractivity contribution in [2.24, 2.45) is 0 Å². The molecule has 0 N–H and O–H groups in total.